The number of hydrogen-bond acceptors (Lipinski definition) is 6. The molecule has 0 spiro atoms. The van der Waals surface area contributed by atoms with E-state index in [-0.39, 0.29) is 29.6 Å². The Hall–Kier alpha value is -2.89. The average molecular weight is 316 g/mol. The predicted molar refractivity (Wildman–Crippen MR) is 81.9 cm³/mol. The van der Waals surface area contributed by atoms with E-state index >= 15 is 0 Å². The van der Waals surface area contributed by atoms with E-state index in [0.29, 0.717) is 22.6 Å². The molecule has 0 bridgehead atoms. The van der Waals surface area contributed by atoms with Crippen molar-refractivity contribution in [2.75, 3.05) is 20.8 Å². The summed E-state index contributed by atoms with van der Waals surface area (Å²) in [5, 5.41) is 19.3. The highest BCUT2D eigenvalue weighted by Gasteiger charge is 2.33. The number of ether oxygens (including phenoxy) is 3. The Labute approximate surface area is 132 Å². The largest absolute Gasteiger partial charge is 0.508 e. The second-order valence-corrected chi connectivity index (χ2v) is 5.15. The Bertz CT molecular complexity index is 768. The van der Waals surface area contributed by atoms with Crippen LogP contribution in [0.4, 0.5) is 0 Å². The number of fused-ring (bicyclic) bond motifs is 1. The standard InChI is InChI=1S/C17H16O6/c1-21-16-10(5-6-13(19)17(16)22-2)12-8-23-14-7-9(18)3-4-11(14)15(12)20/h3-7,12,18-19H,8H2,1-2H3/t12-/m1/s1. The molecule has 2 aromatic carbocycles. The maximum atomic E-state index is 12.8. The van der Waals surface area contributed by atoms with Crippen LogP contribution in [-0.4, -0.2) is 36.8 Å². The van der Waals surface area contributed by atoms with Crippen LogP contribution < -0.4 is 14.2 Å². The summed E-state index contributed by atoms with van der Waals surface area (Å²) in [6, 6.07) is 7.46. The fourth-order valence-electron chi connectivity index (χ4n) is 2.75. The Morgan fingerprint density at radius 3 is 2.52 bits per heavy atom. The van der Waals surface area contributed by atoms with Crippen LogP contribution >= 0.6 is 0 Å². The van der Waals surface area contributed by atoms with Gasteiger partial charge in [0.1, 0.15) is 18.1 Å². The lowest BCUT2D eigenvalue weighted by Crippen LogP contribution is -2.26. The van der Waals surface area contributed by atoms with Crippen molar-refractivity contribution in [2.24, 2.45) is 0 Å². The van der Waals surface area contributed by atoms with Crippen molar-refractivity contribution in [3.63, 3.8) is 0 Å². The molecule has 6 heteroatoms. The number of benzene rings is 2. The molecule has 120 valence electrons. The molecule has 1 aliphatic rings. The van der Waals surface area contributed by atoms with Crippen LogP contribution in [0, 0.1) is 0 Å². The van der Waals surface area contributed by atoms with Gasteiger partial charge >= 0.3 is 0 Å². The van der Waals surface area contributed by atoms with Gasteiger partial charge in [-0.2, -0.15) is 0 Å². The van der Waals surface area contributed by atoms with Crippen LogP contribution in [-0.2, 0) is 0 Å². The number of phenolic OH excluding ortho intramolecular Hbond substituents is 2. The van der Waals surface area contributed by atoms with Crippen LogP contribution in [0.15, 0.2) is 30.3 Å². The number of Topliss-reactive ketones (excluding diaryl/α,β-unsaturated/α-hetero) is 1. The van der Waals surface area contributed by atoms with E-state index in [4.69, 9.17) is 14.2 Å². The second-order valence-electron chi connectivity index (χ2n) is 5.15. The van der Waals surface area contributed by atoms with Crippen molar-refractivity contribution in [3.8, 4) is 28.7 Å². The molecule has 3 rings (SSSR count). The van der Waals surface area contributed by atoms with Crippen LogP contribution in [0.3, 0.4) is 0 Å². The molecule has 0 saturated carbocycles. The summed E-state index contributed by atoms with van der Waals surface area (Å²) in [6.07, 6.45) is 0. The first-order chi connectivity index (χ1) is 11.1. The van der Waals surface area contributed by atoms with Crippen molar-refractivity contribution in [2.45, 2.75) is 5.92 Å². The van der Waals surface area contributed by atoms with Gasteiger partial charge in [0.05, 0.1) is 25.7 Å². The van der Waals surface area contributed by atoms with Gasteiger partial charge in [-0.3, -0.25) is 4.79 Å². The fourth-order valence-corrected chi connectivity index (χ4v) is 2.75. The summed E-state index contributed by atoms with van der Waals surface area (Å²) in [5.41, 5.74) is 0.971. The third-order valence-corrected chi connectivity index (χ3v) is 3.86. The van der Waals surface area contributed by atoms with Gasteiger partial charge in [0, 0.05) is 11.6 Å². The summed E-state index contributed by atoms with van der Waals surface area (Å²) in [6.45, 7) is 0.111. The first-order valence-electron chi connectivity index (χ1n) is 7.00. The molecule has 0 aromatic heterocycles. The normalized spacial score (nSPS) is 16.4. The highest BCUT2D eigenvalue weighted by atomic mass is 16.5. The number of methoxy groups -OCH3 is 2. The molecular formula is C17H16O6. The Kier molecular flexibility index (Phi) is 3.73. The van der Waals surface area contributed by atoms with Crippen molar-refractivity contribution < 1.29 is 29.2 Å². The zero-order chi connectivity index (χ0) is 16.6. The Morgan fingerprint density at radius 2 is 1.83 bits per heavy atom. The first-order valence-corrected chi connectivity index (χ1v) is 7.00. The van der Waals surface area contributed by atoms with Gasteiger partial charge in [-0.1, -0.05) is 6.07 Å². The van der Waals surface area contributed by atoms with Crippen LogP contribution in [0.1, 0.15) is 21.8 Å². The molecular weight excluding hydrogens is 300 g/mol. The number of hydrogen-bond donors (Lipinski definition) is 2. The lowest BCUT2D eigenvalue weighted by atomic mass is 9.88. The number of aromatic hydroxyl groups is 2. The molecule has 2 N–H and O–H groups in total. The molecule has 0 saturated heterocycles. The zero-order valence-corrected chi connectivity index (χ0v) is 12.7. The monoisotopic (exact) mass is 316 g/mol. The molecule has 2 aromatic rings. The molecule has 23 heavy (non-hydrogen) atoms. The molecule has 1 heterocycles. The molecule has 1 aliphatic heterocycles. The molecule has 1 atom stereocenters. The number of carbonyl (C=O) groups is 1. The average Bonchev–Trinajstić information content (AvgIpc) is 2.55. The van der Waals surface area contributed by atoms with Crippen molar-refractivity contribution in [3.05, 3.63) is 41.5 Å². The van der Waals surface area contributed by atoms with E-state index in [1.54, 1.807) is 6.07 Å². The molecule has 0 amide bonds. The van der Waals surface area contributed by atoms with E-state index in [9.17, 15) is 15.0 Å². The molecule has 0 fully saturated rings. The maximum absolute atomic E-state index is 12.8. The van der Waals surface area contributed by atoms with Crippen LogP contribution in [0.5, 0.6) is 28.7 Å². The van der Waals surface area contributed by atoms with Crippen molar-refractivity contribution >= 4 is 5.78 Å². The van der Waals surface area contributed by atoms with E-state index in [0.717, 1.165) is 0 Å². The third kappa shape index (κ3) is 2.42. The van der Waals surface area contributed by atoms with Gasteiger partial charge in [-0.25, -0.2) is 0 Å². The smallest absolute Gasteiger partial charge is 0.203 e. The summed E-state index contributed by atoms with van der Waals surface area (Å²) < 4.78 is 16.1. The van der Waals surface area contributed by atoms with Crippen LogP contribution in [0.2, 0.25) is 0 Å². The topological polar surface area (TPSA) is 85.2 Å². The van der Waals surface area contributed by atoms with Gasteiger partial charge in [0.15, 0.2) is 17.3 Å². The molecule has 0 radical (unpaired) electrons. The lowest BCUT2D eigenvalue weighted by molar-refractivity contribution is 0.0893. The van der Waals surface area contributed by atoms with Gasteiger partial charge in [0.2, 0.25) is 5.75 Å². The van der Waals surface area contributed by atoms with E-state index < -0.39 is 5.92 Å². The second kappa shape index (κ2) is 5.72. The Morgan fingerprint density at radius 1 is 1.09 bits per heavy atom. The minimum atomic E-state index is -0.587. The van der Waals surface area contributed by atoms with Gasteiger partial charge in [0.25, 0.3) is 0 Å². The van der Waals surface area contributed by atoms with E-state index in [2.05, 4.69) is 0 Å². The summed E-state index contributed by atoms with van der Waals surface area (Å²) >= 11 is 0. The number of carbonyl (C=O) groups excluding carboxylic acids is 1. The van der Waals surface area contributed by atoms with E-state index in [1.165, 1.54) is 38.5 Å². The quantitative estimate of drug-likeness (QED) is 0.905. The molecule has 0 aliphatic carbocycles. The van der Waals surface area contributed by atoms with Gasteiger partial charge < -0.3 is 24.4 Å². The zero-order valence-electron chi connectivity index (χ0n) is 12.7. The number of ketones is 1. The van der Waals surface area contributed by atoms with Crippen molar-refractivity contribution in [1.82, 2.24) is 0 Å². The predicted octanol–water partition coefficient (Wildman–Crippen LogP) is 2.47. The molecule has 6 nitrogen and oxygen atoms in total. The van der Waals surface area contributed by atoms with Gasteiger partial charge in [-0.15, -0.1) is 0 Å². The van der Waals surface area contributed by atoms with Crippen molar-refractivity contribution in [1.29, 1.82) is 0 Å². The fraction of sp³-hybridized carbons (Fsp3) is 0.235. The minimum Gasteiger partial charge on any atom is -0.508 e. The molecule has 0 unspecified atom stereocenters. The highest BCUT2D eigenvalue weighted by molar-refractivity contribution is 6.04. The number of phenols is 2. The summed E-state index contributed by atoms with van der Waals surface area (Å²) in [5.74, 6) is 0.0807. The van der Waals surface area contributed by atoms with Crippen LogP contribution in [0.25, 0.3) is 0 Å². The lowest BCUT2D eigenvalue weighted by Gasteiger charge is -2.26. The number of rotatable bonds is 3. The highest BCUT2D eigenvalue weighted by Crippen LogP contribution is 2.44. The van der Waals surface area contributed by atoms with E-state index in [1.807, 2.05) is 0 Å². The van der Waals surface area contributed by atoms with Gasteiger partial charge in [-0.05, 0) is 18.2 Å². The first kappa shape index (κ1) is 15.0. The summed E-state index contributed by atoms with van der Waals surface area (Å²) in [4.78, 5) is 12.8. The summed E-state index contributed by atoms with van der Waals surface area (Å²) in [7, 11) is 2.86. The SMILES string of the molecule is COc1c(O)ccc([C@H]2COc3cc(O)ccc3C2=O)c1OC. The third-order valence-electron chi connectivity index (χ3n) is 3.86. The minimum absolute atomic E-state index is 0.0406. The Balaban J connectivity index is 2.07. The maximum Gasteiger partial charge on any atom is 0.203 e.